The predicted octanol–water partition coefficient (Wildman–Crippen LogP) is 2.81. The Hall–Kier alpha value is -1.79. The highest BCUT2D eigenvalue weighted by Gasteiger charge is 2.27. The molecule has 1 amide bonds. The van der Waals surface area contributed by atoms with Crippen molar-refractivity contribution in [2.24, 2.45) is 5.92 Å². The number of thiazole rings is 1. The second kappa shape index (κ2) is 6.99. The minimum Gasteiger partial charge on any atom is -0.338 e. The van der Waals surface area contributed by atoms with Crippen LogP contribution in [0.15, 0.2) is 30.7 Å². The van der Waals surface area contributed by atoms with Crippen LogP contribution in [0, 0.1) is 5.92 Å². The van der Waals surface area contributed by atoms with Crippen molar-refractivity contribution >= 4 is 17.2 Å². The number of nitrogens with zero attached hydrogens (tertiary/aromatic N) is 3. The molecule has 4 rings (SSSR count). The lowest BCUT2D eigenvalue weighted by Crippen LogP contribution is -2.45. The van der Waals surface area contributed by atoms with Gasteiger partial charge < -0.3 is 10.2 Å². The molecule has 0 atom stereocenters. The minimum absolute atomic E-state index is 0.119. The van der Waals surface area contributed by atoms with Crippen molar-refractivity contribution in [2.75, 3.05) is 19.6 Å². The summed E-state index contributed by atoms with van der Waals surface area (Å²) in [4.78, 5) is 23.8. The number of carbonyl (C=O) groups excluding carboxylic acids is 1. The van der Waals surface area contributed by atoms with E-state index < -0.39 is 0 Å². The number of nitrogens with one attached hydrogen (secondary N) is 1. The molecule has 1 N–H and O–H groups in total. The Morgan fingerprint density at radius 3 is 2.67 bits per heavy atom. The van der Waals surface area contributed by atoms with E-state index in [1.165, 1.54) is 24.2 Å². The van der Waals surface area contributed by atoms with E-state index in [0.29, 0.717) is 6.04 Å². The van der Waals surface area contributed by atoms with Crippen LogP contribution in [0.1, 0.15) is 35.4 Å². The third-order valence-corrected chi connectivity index (χ3v) is 5.85. The standard InChI is InChI=1S/C18H22N4OS/c23-18(16-12-21-17(24-16)14-3-7-19-8-4-14)22-9-5-15(6-10-22)20-11-13-1-2-13/h3-4,7-8,12-13,15,20H,1-2,5-6,9-11H2. The largest absolute Gasteiger partial charge is 0.338 e. The van der Waals surface area contributed by atoms with E-state index in [2.05, 4.69) is 15.3 Å². The lowest BCUT2D eigenvalue weighted by molar-refractivity contribution is 0.0709. The van der Waals surface area contributed by atoms with E-state index in [9.17, 15) is 4.79 Å². The number of rotatable bonds is 5. The molecule has 1 aliphatic heterocycles. The summed E-state index contributed by atoms with van der Waals surface area (Å²) in [6.07, 6.45) is 10.1. The second-order valence-corrected chi connectivity index (χ2v) is 7.71. The Morgan fingerprint density at radius 2 is 1.96 bits per heavy atom. The topological polar surface area (TPSA) is 58.1 Å². The van der Waals surface area contributed by atoms with Crippen LogP contribution in [-0.4, -0.2) is 46.5 Å². The first-order chi connectivity index (χ1) is 11.8. The summed E-state index contributed by atoms with van der Waals surface area (Å²) in [6.45, 7) is 2.83. The molecule has 0 unspecified atom stereocenters. The highest BCUT2D eigenvalue weighted by Crippen LogP contribution is 2.28. The van der Waals surface area contributed by atoms with Crippen molar-refractivity contribution in [3.8, 4) is 10.6 Å². The smallest absolute Gasteiger partial charge is 0.265 e. The average molecular weight is 342 g/mol. The van der Waals surface area contributed by atoms with Gasteiger partial charge in [-0.15, -0.1) is 11.3 Å². The number of hydrogen-bond donors (Lipinski definition) is 1. The van der Waals surface area contributed by atoms with E-state index in [4.69, 9.17) is 0 Å². The molecular formula is C18H22N4OS. The number of likely N-dealkylation sites (tertiary alicyclic amines) is 1. The molecule has 2 aromatic rings. The SMILES string of the molecule is O=C(c1cnc(-c2ccncc2)s1)N1CCC(NCC2CC2)CC1. The summed E-state index contributed by atoms with van der Waals surface area (Å²) in [5.74, 6) is 1.03. The molecule has 0 radical (unpaired) electrons. The van der Waals surface area contributed by atoms with Crippen molar-refractivity contribution in [1.29, 1.82) is 0 Å². The fourth-order valence-corrected chi connectivity index (χ4v) is 3.99. The van der Waals surface area contributed by atoms with Crippen LogP contribution in [0.2, 0.25) is 0 Å². The van der Waals surface area contributed by atoms with Gasteiger partial charge in [-0.3, -0.25) is 9.78 Å². The zero-order chi connectivity index (χ0) is 16.4. The van der Waals surface area contributed by atoms with Gasteiger partial charge in [0.2, 0.25) is 0 Å². The quantitative estimate of drug-likeness (QED) is 0.908. The summed E-state index contributed by atoms with van der Waals surface area (Å²) in [5.41, 5.74) is 1.01. The highest BCUT2D eigenvalue weighted by atomic mass is 32.1. The Labute approximate surface area is 146 Å². The number of piperidine rings is 1. The first-order valence-electron chi connectivity index (χ1n) is 8.68. The monoisotopic (exact) mass is 342 g/mol. The van der Waals surface area contributed by atoms with Crippen LogP contribution in [-0.2, 0) is 0 Å². The van der Waals surface area contributed by atoms with Crippen LogP contribution in [0.25, 0.3) is 10.6 Å². The van der Waals surface area contributed by atoms with Gasteiger partial charge in [0.25, 0.3) is 5.91 Å². The minimum atomic E-state index is 0.119. The van der Waals surface area contributed by atoms with Crippen molar-refractivity contribution in [2.45, 2.75) is 31.7 Å². The van der Waals surface area contributed by atoms with Gasteiger partial charge in [0.1, 0.15) is 9.88 Å². The van der Waals surface area contributed by atoms with Crippen molar-refractivity contribution in [3.05, 3.63) is 35.6 Å². The van der Waals surface area contributed by atoms with E-state index >= 15 is 0 Å². The zero-order valence-electron chi connectivity index (χ0n) is 13.6. The maximum Gasteiger partial charge on any atom is 0.265 e. The van der Waals surface area contributed by atoms with Gasteiger partial charge in [-0.1, -0.05) is 0 Å². The van der Waals surface area contributed by atoms with Crippen LogP contribution in [0.4, 0.5) is 0 Å². The molecule has 2 aromatic heterocycles. The van der Waals surface area contributed by atoms with E-state index in [1.807, 2.05) is 17.0 Å². The fourth-order valence-electron chi connectivity index (χ4n) is 3.10. The van der Waals surface area contributed by atoms with Crippen LogP contribution >= 0.6 is 11.3 Å². The third-order valence-electron chi connectivity index (χ3n) is 4.82. The van der Waals surface area contributed by atoms with Crippen LogP contribution in [0.3, 0.4) is 0 Å². The second-order valence-electron chi connectivity index (χ2n) is 6.68. The molecule has 126 valence electrons. The van der Waals surface area contributed by atoms with E-state index in [0.717, 1.165) is 53.8 Å². The summed E-state index contributed by atoms with van der Waals surface area (Å²) >= 11 is 1.47. The molecule has 2 aliphatic rings. The normalized spacial score (nSPS) is 18.8. The van der Waals surface area contributed by atoms with Crippen molar-refractivity contribution < 1.29 is 4.79 Å². The maximum absolute atomic E-state index is 12.7. The molecule has 0 aromatic carbocycles. The van der Waals surface area contributed by atoms with Gasteiger partial charge in [0, 0.05) is 37.1 Å². The summed E-state index contributed by atoms with van der Waals surface area (Å²) in [7, 11) is 0. The van der Waals surface area contributed by atoms with Crippen molar-refractivity contribution in [3.63, 3.8) is 0 Å². The first-order valence-corrected chi connectivity index (χ1v) is 9.50. The number of carbonyl (C=O) groups is 1. The lowest BCUT2D eigenvalue weighted by Gasteiger charge is -2.32. The van der Waals surface area contributed by atoms with Gasteiger partial charge in [-0.05, 0) is 50.3 Å². The third kappa shape index (κ3) is 3.65. The Morgan fingerprint density at radius 1 is 1.21 bits per heavy atom. The van der Waals surface area contributed by atoms with Gasteiger partial charge in [0.15, 0.2) is 0 Å². The van der Waals surface area contributed by atoms with Crippen molar-refractivity contribution in [1.82, 2.24) is 20.2 Å². The van der Waals surface area contributed by atoms with E-state index in [-0.39, 0.29) is 5.91 Å². The summed E-state index contributed by atoms with van der Waals surface area (Å²) in [5, 5.41) is 4.53. The Kier molecular flexibility index (Phi) is 4.58. The van der Waals surface area contributed by atoms with Gasteiger partial charge in [-0.25, -0.2) is 4.98 Å². The molecule has 5 nitrogen and oxygen atoms in total. The van der Waals surface area contributed by atoms with Crippen LogP contribution < -0.4 is 5.32 Å². The number of aromatic nitrogens is 2. The maximum atomic E-state index is 12.7. The molecule has 0 bridgehead atoms. The average Bonchev–Trinajstić information content (AvgIpc) is 3.34. The molecule has 2 fully saturated rings. The molecule has 1 saturated carbocycles. The van der Waals surface area contributed by atoms with Crippen LogP contribution in [0.5, 0.6) is 0 Å². The van der Waals surface area contributed by atoms with Gasteiger partial charge in [-0.2, -0.15) is 0 Å². The Bertz CT molecular complexity index is 690. The first kappa shape index (κ1) is 15.7. The predicted molar refractivity (Wildman–Crippen MR) is 95.0 cm³/mol. The summed E-state index contributed by atoms with van der Waals surface area (Å²) < 4.78 is 0. The molecule has 0 spiro atoms. The molecule has 1 saturated heterocycles. The number of pyridine rings is 1. The molecule has 1 aliphatic carbocycles. The zero-order valence-corrected chi connectivity index (χ0v) is 14.5. The van der Waals surface area contributed by atoms with Gasteiger partial charge >= 0.3 is 0 Å². The lowest BCUT2D eigenvalue weighted by atomic mass is 10.0. The molecular weight excluding hydrogens is 320 g/mol. The molecule has 3 heterocycles. The summed E-state index contributed by atoms with van der Waals surface area (Å²) in [6, 6.07) is 4.41. The van der Waals surface area contributed by atoms with Gasteiger partial charge in [0.05, 0.1) is 6.20 Å². The number of amides is 1. The molecule has 6 heteroatoms. The highest BCUT2D eigenvalue weighted by molar-refractivity contribution is 7.16. The van der Waals surface area contributed by atoms with E-state index in [1.54, 1.807) is 18.6 Å². The number of hydrogen-bond acceptors (Lipinski definition) is 5. The Balaban J connectivity index is 1.34. The fraction of sp³-hybridized carbons (Fsp3) is 0.500. The molecule has 24 heavy (non-hydrogen) atoms.